The predicted molar refractivity (Wildman–Crippen MR) is 117 cm³/mol. The SMILES string of the molecule is [B]c1ccc(Nc2c(SN3CCOCC3)cnc3ccc(Cl)cc23)c(C(=O)O)c1. The van der Waals surface area contributed by atoms with E-state index in [1.54, 1.807) is 36.3 Å². The number of morpholine rings is 1. The first-order chi connectivity index (χ1) is 14.0. The molecule has 0 amide bonds. The van der Waals surface area contributed by atoms with Gasteiger partial charge in [-0.3, -0.25) is 4.98 Å². The lowest BCUT2D eigenvalue weighted by Gasteiger charge is -2.26. The Labute approximate surface area is 178 Å². The van der Waals surface area contributed by atoms with Crippen LogP contribution in [0.15, 0.2) is 47.5 Å². The number of benzene rings is 2. The van der Waals surface area contributed by atoms with Crippen molar-refractivity contribution in [3.8, 4) is 0 Å². The van der Waals surface area contributed by atoms with Crippen LogP contribution in [-0.4, -0.2) is 54.5 Å². The second kappa shape index (κ2) is 8.63. The van der Waals surface area contributed by atoms with Crippen molar-refractivity contribution in [2.75, 3.05) is 31.6 Å². The summed E-state index contributed by atoms with van der Waals surface area (Å²) in [6.07, 6.45) is 1.79. The standard InChI is InChI=1S/C20H17BClN3O3S/c21-12-1-3-17(15(9-12)20(26)27)24-19-14-10-13(22)2-4-16(14)23-11-18(19)29-25-5-7-28-8-6-25/h1-4,9-11H,5-8H2,(H,23,24)(H,26,27). The Bertz CT molecular complexity index is 1080. The number of nitrogens with one attached hydrogen (secondary N) is 1. The van der Waals surface area contributed by atoms with E-state index < -0.39 is 5.97 Å². The normalized spacial score (nSPS) is 14.8. The number of carboxylic acids is 1. The molecule has 2 N–H and O–H groups in total. The number of aromatic carboxylic acids is 1. The Morgan fingerprint density at radius 3 is 2.79 bits per heavy atom. The lowest BCUT2D eigenvalue weighted by Crippen LogP contribution is -2.31. The van der Waals surface area contributed by atoms with E-state index in [-0.39, 0.29) is 5.56 Å². The van der Waals surface area contributed by atoms with Gasteiger partial charge in [0.05, 0.1) is 40.6 Å². The van der Waals surface area contributed by atoms with Gasteiger partial charge in [0.1, 0.15) is 7.85 Å². The van der Waals surface area contributed by atoms with Crippen LogP contribution < -0.4 is 10.8 Å². The first-order valence-electron chi connectivity index (χ1n) is 9.00. The smallest absolute Gasteiger partial charge is 0.337 e. The number of anilines is 2. The molecule has 1 aromatic heterocycles. The van der Waals surface area contributed by atoms with E-state index >= 15 is 0 Å². The average molecular weight is 426 g/mol. The van der Waals surface area contributed by atoms with Gasteiger partial charge in [-0.1, -0.05) is 29.2 Å². The molecule has 146 valence electrons. The summed E-state index contributed by atoms with van der Waals surface area (Å²) >= 11 is 7.80. The van der Waals surface area contributed by atoms with Crippen molar-refractivity contribution in [3.05, 3.63) is 53.2 Å². The zero-order valence-electron chi connectivity index (χ0n) is 15.4. The molecular weight excluding hydrogens is 409 g/mol. The number of hydrogen-bond donors (Lipinski definition) is 2. The summed E-state index contributed by atoms with van der Waals surface area (Å²) in [5.41, 5.74) is 2.44. The topological polar surface area (TPSA) is 74.7 Å². The molecule has 2 aromatic carbocycles. The van der Waals surface area contributed by atoms with Crippen LogP contribution in [0.5, 0.6) is 0 Å². The monoisotopic (exact) mass is 425 g/mol. The van der Waals surface area contributed by atoms with E-state index in [4.69, 9.17) is 24.2 Å². The lowest BCUT2D eigenvalue weighted by molar-refractivity contribution is 0.0698. The highest BCUT2D eigenvalue weighted by Gasteiger charge is 2.19. The number of halogens is 1. The van der Waals surface area contributed by atoms with Crippen molar-refractivity contribution in [1.29, 1.82) is 0 Å². The number of pyridine rings is 1. The van der Waals surface area contributed by atoms with Crippen LogP contribution in [-0.2, 0) is 4.74 Å². The van der Waals surface area contributed by atoms with Crippen molar-refractivity contribution in [3.63, 3.8) is 0 Å². The van der Waals surface area contributed by atoms with Crippen molar-refractivity contribution < 1.29 is 14.6 Å². The van der Waals surface area contributed by atoms with E-state index in [2.05, 4.69) is 14.6 Å². The molecule has 1 aliphatic rings. The van der Waals surface area contributed by atoms with Crippen molar-refractivity contribution in [2.24, 2.45) is 0 Å². The third kappa shape index (κ3) is 4.51. The minimum absolute atomic E-state index is 0.0966. The van der Waals surface area contributed by atoms with Crippen LogP contribution in [0.1, 0.15) is 10.4 Å². The first-order valence-corrected chi connectivity index (χ1v) is 10.1. The Balaban J connectivity index is 1.81. The molecule has 1 saturated heterocycles. The summed E-state index contributed by atoms with van der Waals surface area (Å²) in [6.45, 7) is 2.92. The molecule has 1 fully saturated rings. The minimum atomic E-state index is -1.06. The molecule has 0 unspecified atom stereocenters. The van der Waals surface area contributed by atoms with Crippen LogP contribution >= 0.6 is 23.5 Å². The Hall–Kier alpha value is -2.26. The van der Waals surface area contributed by atoms with E-state index in [9.17, 15) is 9.90 Å². The molecule has 0 saturated carbocycles. The van der Waals surface area contributed by atoms with E-state index in [1.165, 1.54) is 6.07 Å². The summed E-state index contributed by atoms with van der Waals surface area (Å²) in [7, 11) is 5.78. The average Bonchev–Trinajstić information content (AvgIpc) is 2.71. The molecule has 6 nitrogen and oxygen atoms in total. The van der Waals surface area contributed by atoms with Gasteiger partial charge in [-0.05, 0) is 36.2 Å². The molecule has 0 aliphatic carbocycles. The number of carbonyl (C=O) groups is 1. The van der Waals surface area contributed by atoms with E-state index in [0.29, 0.717) is 29.4 Å². The van der Waals surface area contributed by atoms with Crippen molar-refractivity contribution in [2.45, 2.75) is 4.90 Å². The Morgan fingerprint density at radius 1 is 1.24 bits per heavy atom. The molecule has 9 heteroatoms. The van der Waals surface area contributed by atoms with Gasteiger partial charge >= 0.3 is 5.97 Å². The minimum Gasteiger partial charge on any atom is -0.478 e. The fourth-order valence-corrected chi connectivity index (χ4v) is 4.24. The predicted octanol–water partition coefficient (Wildman–Crippen LogP) is 3.46. The highest BCUT2D eigenvalue weighted by Crippen LogP contribution is 2.38. The Morgan fingerprint density at radius 2 is 2.03 bits per heavy atom. The fourth-order valence-electron chi connectivity index (χ4n) is 3.10. The second-order valence-corrected chi connectivity index (χ2v) is 8.10. The zero-order valence-corrected chi connectivity index (χ0v) is 17.0. The summed E-state index contributed by atoms with van der Waals surface area (Å²) in [4.78, 5) is 17.1. The van der Waals surface area contributed by atoms with E-state index in [1.807, 2.05) is 12.1 Å². The number of aromatic nitrogens is 1. The molecule has 29 heavy (non-hydrogen) atoms. The fraction of sp³-hybridized carbons (Fsp3) is 0.200. The van der Waals surface area contributed by atoms with Crippen LogP contribution in [0.2, 0.25) is 5.02 Å². The number of rotatable bonds is 5. The highest BCUT2D eigenvalue weighted by molar-refractivity contribution is 7.97. The van der Waals surface area contributed by atoms with Crippen molar-refractivity contribution >= 4 is 65.1 Å². The highest BCUT2D eigenvalue weighted by atomic mass is 35.5. The lowest BCUT2D eigenvalue weighted by atomic mass is 9.93. The molecule has 0 spiro atoms. The molecule has 0 bridgehead atoms. The largest absolute Gasteiger partial charge is 0.478 e. The summed E-state index contributed by atoms with van der Waals surface area (Å²) in [6, 6.07) is 10.2. The van der Waals surface area contributed by atoms with Crippen LogP contribution in [0.25, 0.3) is 10.9 Å². The third-order valence-corrected chi connectivity index (χ3v) is 5.89. The van der Waals surface area contributed by atoms with E-state index in [0.717, 1.165) is 34.6 Å². The second-order valence-electron chi connectivity index (χ2n) is 6.53. The van der Waals surface area contributed by atoms with Gasteiger partial charge in [-0.2, -0.15) is 0 Å². The number of ether oxygens (including phenoxy) is 1. The van der Waals surface area contributed by atoms with Gasteiger partial charge < -0.3 is 15.2 Å². The quantitative estimate of drug-likeness (QED) is 0.479. The third-order valence-electron chi connectivity index (χ3n) is 4.53. The maximum Gasteiger partial charge on any atom is 0.337 e. The number of nitrogens with zero attached hydrogens (tertiary/aromatic N) is 2. The van der Waals surface area contributed by atoms with Gasteiger partial charge in [0, 0.05) is 29.7 Å². The maximum absolute atomic E-state index is 11.7. The Kier molecular flexibility index (Phi) is 5.96. The van der Waals surface area contributed by atoms with Crippen LogP contribution in [0, 0.1) is 0 Å². The number of hydrogen-bond acceptors (Lipinski definition) is 6. The molecule has 3 aromatic rings. The molecule has 1 aliphatic heterocycles. The summed E-state index contributed by atoms with van der Waals surface area (Å²) < 4.78 is 7.62. The number of carboxylic acid groups (broad SMARTS) is 1. The van der Waals surface area contributed by atoms with Gasteiger partial charge in [0.2, 0.25) is 0 Å². The summed E-state index contributed by atoms with van der Waals surface area (Å²) in [5.74, 6) is -1.06. The molecular formula is C20H17BClN3O3S. The summed E-state index contributed by atoms with van der Waals surface area (Å²) in [5, 5.41) is 14.3. The van der Waals surface area contributed by atoms with Crippen LogP contribution in [0.3, 0.4) is 0 Å². The number of fused-ring (bicyclic) bond motifs is 1. The van der Waals surface area contributed by atoms with Gasteiger partial charge in [-0.15, -0.1) is 0 Å². The maximum atomic E-state index is 11.7. The first kappa shape index (κ1) is 20.0. The van der Waals surface area contributed by atoms with Gasteiger partial charge in [0.15, 0.2) is 0 Å². The molecule has 0 atom stereocenters. The molecule has 2 radical (unpaired) electrons. The van der Waals surface area contributed by atoms with Crippen molar-refractivity contribution in [1.82, 2.24) is 9.29 Å². The van der Waals surface area contributed by atoms with Crippen LogP contribution in [0.4, 0.5) is 11.4 Å². The van der Waals surface area contributed by atoms with Gasteiger partial charge in [-0.25, -0.2) is 9.10 Å². The molecule has 2 heterocycles. The molecule has 4 rings (SSSR count). The van der Waals surface area contributed by atoms with Gasteiger partial charge in [0.25, 0.3) is 0 Å². The zero-order chi connectivity index (χ0) is 20.4.